The summed E-state index contributed by atoms with van der Waals surface area (Å²) in [6.45, 7) is 0.825. The maximum Gasteiger partial charge on any atom is 0.242 e. The molecule has 1 aliphatic carbocycles. The number of ether oxygens (including phenoxy) is 1. The highest BCUT2D eigenvalue weighted by atomic mass is 16.5. The number of hydrogen-bond donors (Lipinski definition) is 1. The number of carbonyl (C=O) groups is 2. The van der Waals surface area contributed by atoms with Crippen molar-refractivity contribution in [1.82, 2.24) is 18.9 Å². The predicted octanol–water partition coefficient (Wildman–Crippen LogP) is 6.21. The SMILES string of the molecule is Nc1nccn2c(C3CCC3)nc(-c3cccc(OCc4cccc(Cn5cc6ccccc6c5C(=O)C=O)c4)c3)c12. The molecule has 0 radical (unpaired) electrons. The van der Waals surface area contributed by atoms with Crippen LogP contribution in [0.25, 0.3) is 27.5 Å². The molecule has 0 unspecified atom stereocenters. The second kappa shape index (κ2) is 10.6. The van der Waals surface area contributed by atoms with Crippen LogP contribution in [0.4, 0.5) is 5.82 Å². The summed E-state index contributed by atoms with van der Waals surface area (Å²) in [7, 11) is 0. The van der Waals surface area contributed by atoms with E-state index in [4.69, 9.17) is 15.5 Å². The molecule has 0 spiro atoms. The first-order valence-electron chi connectivity index (χ1n) is 14.1. The smallest absolute Gasteiger partial charge is 0.242 e. The minimum Gasteiger partial charge on any atom is -0.489 e. The first-order valence-corrected chi connectivity index (χ1v) is 14.1. The quantitative estimate of drug-likeness (QED) is 0.129. The van der Waals surface area contributed by atoms with Gasteiger partial charge in [0.1, 0.15) is 40.9 Å². The number of benzene rings is 3. The van der Waals surface area contributed by atoms with E-state index in [1.165, 1.54) is 6.42 Å². The van der Waals surface area contributed by atoms with E-state index < -0.39 is 5.78 Å². The molecule has 0 saturated heterocycles. The van der Waals surface area contributed by atoms with Gasteiger partial charge in [0.25, 0.3) is 0 Å². The standard InChI is InChI=1S/C34H29N5O3/c35-33-32-30(37-34(24-9-4-10-24)39(32)15-14-36-33)25-11-5-12-27(17-25)42-21-23-7-3-6-22(16-23)18-38-19-26-8-1-2-13-28(26)31(38)29(41)20-40/h1-3,5-8,11-17,19-20,24H,4,9-10,18,21H2,(H2,35,36). The Morgan fingerprint density at radius 2 is 1.86 bits per heavy atom. The number of rotatable bonds is 9. The maximum atomic E-state index is 12.5. The van der Waals surface area contributed by atoms with E-state index in [9.17, 15) is 9.59 Å². The zero-order chi connectivity index (χ0) is 28.6. The zero-order valence-corrected chi connectivity index (χ0v) is 22.9. The van der Waals surface area contributed by atoms with Crippen LogP contribution in [0.1, 0.15) is 52.6 Å². The third kappa shape index (κ3) is 4.60. The number of anilines is 1. The highest BCUT2D eigenvalue weighted by molar-refractivity contribution is 6.35. The number of Topliss-reactive ketones (excluding diaryl/α,β-unsaturated/α-hetero) is 1. The molecule has 3 aromatic heterocycles. The molecule has 42 heavy (non-hydrogen) atoms. The van der Waals surface area contributed by atoms with Crippen LogP contribution in [0, 0.1) is 0 Å². The molecule has 0 atom stereocenters. The lowest BCUT2D eigenvalue weighted by Gasteiger charge is -2.23. The fourth-order valence-electron chi connectivity index (χ4n) is 5.82. The molecule has 0 aliphatic heterocycles. The Balaban J connectivity index is 1.13. The fourth-order valence-corrected chi connectivity index (χ4v) is 5.82. The Morgan fingerprint density at radius 3 is 2.69 bits per heavy atom. The number of fused-ring (bicyclic) bond motifs is 2. The summed E-state index contributed by atoms with van der Waals surface area (Å²) in [5, 5.41) is 1.70. The van der Waals surface area contributed by atoms with Crippen LogP contribution in [0.3, 0.4) is 0 Å². The van der Waals surface area contributed by atoms with Crippen LogP contribution in [0.2, 0.25) is 0 Å². The van der Waals surface area contributed by atoms with Gasteiger partial charge in [-0.3, -0.25) is 14.0 Å². The van der Waals surface area contributed by atoms with Crippen molar-refractivity contribution >= 4 is 34.2 Å². The van der Waals surface area contributed by atoms with Gasteiger partial charge >= 0.3 is 0 Å². The Morgan fingerprint density at radius 1 is 1.02 bits per heavy atom. The van der Waals surface area contributed by atoms with Gasteiger partial charge in [0.15, 0.2) is 6.29 Å². The molecule has 0 bridgehead atoms. The highest BCUT2D eigenvalue weighted by Gasteiger charge is 2.27. The number of nitrogen functional groups attached to an aromatic ring is 1. The van der Waals surface area contributed by atoms with Crippen molar-refractivity contribution in [2.24, 2.45) is 0 Å². The molecule has 2 N–H and O–H groups in total. The van der Waals surface area contributed by atoms with Crippen molar-refractivity contribution in [3.05, 3.63) is 114 Å². The minimum absolute atomic E-state index is 0.367. The summed E-state index contributed by atoms with van der Waals surface area (Å²) < 4.78 is 10.2. The predicted molar refractivity (Wildman–Crippen MR) is 162 cm³/mol. The van der Waals surface area contributed by atoms with Gasteiger partial charge in [-0.2, -0.15) is 0 Å². The molecule has 7 rings (SSSR count). The van der Waals surface area contributed by atoms with E-state index in [0.717, 1.165) is 63.1 Å². The van der Waals surface area contributed by atoms with Gasteiger partial charge in [-0.1, -0.05) is 67.1 Å². The number of aldehydes is 1. The Hall–Kier alpha value is -5.24. The summed E-state index contributed by atoms with van der Waals surface area (Å²) in [5.41, 5.74) is 11.3. The lowest BCUT2D eigenvalue weighted by molar-refractivity contribution is -0.104. The van der Waals surface area contributed by atoms with E-state index in [1.54, 1.807) is 6.20 Å². The third-order valence-corrected chi connectivity index (χ3v) is 8.08. The molecule has 3 heterocycles. The van der Waals surface area contributed by atoms with Crippen LogP contribution in [0.15, 0.2) is 91.4 Å². The van der Waals surface area contributed by atoms with Crippen molar-refractivity contribution in [2.75, 3.05) is 5.73 Å². The summed E-state index contributed by atoms with van der Waals surface area (Å²) in [6.07, 6.45) is 9.46. The van der Waals surface area contributed by atoms with Crippen LogP contribution < -0.4 is 10.5 Å². The second-order valence-corrected chi connectivity index (χ2v) is 10.8. The van der Waals surface area contributed by atoms with Crippen molar-refractivity contribution < 1.29 is 14.3 Å². The topological polar surface area (TPSA) is 105 Å². The van der Waals surface area contributed by atoms with Crippen LogP contribution in [-0.4, -0.2) is 31.0 Å². The maximum absolute atomic E-state index is 12.5. The Bertz CT molecular complexity index is 1970. The second-order valence-electron chi connectivity index (χ2n) is 10.8. The largest absolute Gasteiger partial charge is 0.489 e. The monoisotopic (exact) mass is 555 g/mol. The van der Waals surface area contributed by atoms with Gasteiger partial charge in [-0.25, -0.2) is 9.97 Å². The molecular weight excluding hydrogens is 526 g/mol. The third-order valence-electron chi connectivity index (χ3n) is 8.08. The average molecular weight is 556 g/mol. The summed E-state index contributed by atoms with van der Waals surface area (Å²) >= 11 is 0. The van der Waals surface area contributed by atoms with Gasteiger partial charge in [0.05, 0.1) is 0 Å². The van der Waals surface area contributed by atoms with Gasteiger partial charge in [0, 0.05) is 47.4 Å². The minimum atomic E-state index is -0.529. The zero-order valence-electron chi connectivity index (χ0n) is 22.9. The average Bonchev–Trinajstić information content (AvgIpc) is 3.54. The van der Waals surface area contributed by atoms with Gasteiger partial charge in [-0.15, -0.1) is 0 Å². The first kappa shape index (κ1) is 25.7. The van der Waals surface area contributed by atoms with E-state index in [-0.39, 0.29) is 0 Å². The van der Waals surface area contributed by atoms with E-state index in [0.29, 0.717) is 36.9 Å². The lowest BCUT2D eigenvalue weighted by Crippen LogP contribution is -2.12. The number of nitrogens with two attached hydrogens (primary N) is 1. The van der Waals surface area contributed by atoms with Gasteiger partial charge in [0.2, 0.25) is 5.78 Å². The highest BCUT2D eigenvalue weighted by Crippen LogP contribution is 2.39. The summed E-state index contributed by atoms with van der Waals surface area (Å²) in [5.74, 6) is 2.14. The number of ketones is 1. The molecule has 208 valence electrons. The van der Waals surface area contributed by atoms with Crippen molar-refractivity contribution in [3.63, 3.8) is 0 Å². The molecular formula is C34H29N5O3. The molecule has 0 amide bonds. The molecule has 3 aromatic carbocycles. The van der Waals surface area contributed by atoms with Crippen LogP contribution in [-0.2, 0) is 17.9 Å². The molecule has 8 heteroatoms. The number of imidazole rings is 1. The Labute approximate surface area is 242 Å². The van der Waals surface area contributed by atoms with Crippen molar-refractivity contribution in [2.45, 2.75) is 38.3 Å². The summed E-state index contributed by atoms with van der Waals surface area (Å²) in [6, 6.07) is 23.6. The molecule has 1 fully saturated rings. The molecule has 1 aliphatic rings. The molecule has 8 nitrogen and oxygen atoms in total. The molecule has 6 aromatic rings. The fraction of sp³-hybridized carbons (Fsp3) is 0.176. The van der Waals surface area contributed by atoms with Crippen molar-refractivity contribution in [3.8, 4) is 17.0 Å². The van der Waals surface area contributed by atoms with E-state index in [2.05, 4.69) is 15.5 Å². The normalized spacial score (nSPS) is 13.3. The summed E-state index contributed by atoms with van der Waals surface area (Å²) in [4.78, 5) is 33.2. The molecule has 1 saturated carbocycles. The van der Waals surface area contributed by atoms with Crippen LogP contribution >= 0.6 is 0 Å². The first-order chi connectivity index (χ1) is 20.6. The van der Waals surface area contributed by atoms with Crippen molar-refractivity contribution in [1.29, 1.82) is 0 Å². The Kier molecular flexibility index (Phi) is 6.51. The van der Waals surface area contributed by atoms with E-state index in [1.807, 2.05) is 83.7 Å². The number of nitrogens with zero attached hydrogens (tertiary/aromatic N) is 4. The lowest BCUT2D eigenvalue weighted by atomic mass is 9.85. The van der Waals surface area contributed by atoms with E-state index >= 15 is 0 Å². The van der Waals surface area contributed by atoms with Crippen LogP contribution in [0.5, 0.6) is 5.75 Å². The number of hydrogen-bond acceptors (Lipinski definition) is 6. The number of carbonyl (C=O) groups excluding carboxylic acids is 2. The number of aromatic nitrogens is 4. The van der Waals surface area contributed by atoms with Gasteiger partial charge in [-0.05, 0) is 36.1 Å². The van der Waals surface area contributed by atoms with Gasteiger partial charge < -0.3 is 15.0 Å².